The van der Waals surface area contributed by atoms with Gasteiger partial charge in [0.2, 0.25) is 12.7 Å². The van der Waals surface area contributed by atoms with Crippen molar-refractivity contribution in [3.8, 4) is 11.5 Å². The van der Waals surface area contributed by atoms with Crippen molar-refractivity contribution in [3.63, 3.8) is 0 Å². The first-order chi connectivity index (χ1) is 19.3. The van der Waals surface area contributed by atoms with Crippen LogP contribution in [0.4, 0.5) is 18.9 Å². The Balaban J connectivity index is 1.24. The minimum Gasteiger partial charge on any atom is -0.454 e. The van der Waals surface area contributed by atoms with Gasteiger partial charge in [0.15, 0.2) is 11.5 Å². The number of H-pyrrole nitrogens is 1. The molecule has 2 aliphatic rings. The molecule has 0 bridgehead atoms. The second-order valence-corrected chi connectivity index (χ2v) is 10.2. The van der Waals surface area contributed by atoms with E-state index in [1.807, 2.05) is 40.3 Å². The number of ether oxygens (including phenoxy) is 2. The average molecular weight is 550 g/mol. The second-order valence-electron chi connectivity index (χ2n) is 10.2. The van der Waals surface area contributed by atoms with Crippen LogP contribution in [0, 0.1) is 0 Å². The Kier molecular flexibility index (Phi) is 6.82. The van der Waals surface area contributed by atoms with Gasteiger partial charge in [0.1, 0.15) is 0 Å². The number of carbonyl (C=O) groups is 1. The summed E-state index contributed by atoms with van der Waals surface area (Å²) in [4.78, 5) is 20.8. The Morgan fingerprint density at radius 3 is 2.52 bits per heavy atom. The highest BCUT2D eigenvalue weighted by atomic mass is 19.4. The molecule has 1 aromatic heterocycles. The van der Waals surface area contributed by atoms with Gasteiger partial charge in [0, 0.05) is 61.3 Å². The number of carbonyl (C=O) groups excluding carboxylic acids is 1. The number of alkyl halides is 3. The number of aromatic amines is 1. The molecule has 6 nitrogen and oxygen atoms in total. The monoisotopic (exact) mass is 549 g/mol. The zero-order valence-corrected chi connectivity index (χ0v) is 22.1. The van der Waals surface area contributed by atoms with Crippen molar-refractivity contribution in [2.75, 3.05) is 37.9 Å². The topological polar surface area (TPSA) is 57.8 Å². The smallest absolute Gasteiger partial charge is 0.416 e. The second kappa shape index (κ2) is 10.4. The maximum atomic E-state index is 13.7. The van der Waals surface area contributed by atoms with Crippen LogP contribution < -0.4 is 14.4 Å². The molecule has 40 heavy (non-hydrogen) atoms. The molecule has 6 rings (SSSR count). The van der Waals surface area contributed by atoms with Gasteiger partial charge < -0.3 is 24.3 Å². The maximum Gasteiger partial charge on any atom is 0.416 e. The van der Waals surface area contributed by atoms with Gasteiger partial charge in [-0.25, -0.2) is 0 Å². The summed E-state index contributed by atoms with van der Waals surface area (Å²) >= 11 is 0. The molecular formula is C31H30F3N3O3. The van der Waals surface area contributed by atoms with Crippen LogP contribution in [0.25, 0.3) is 10.9 Å². The summed E-state index contributed by atoms with van der Waals surface area (Å²) in [6, 6.07) is 17.4. The highest BCUT2D eigenvalue weighted by molar-refractivity contribution is 5.88. The van der Waals surface area contributed by atoms with Gasteiger partial charge in [-0.3, -0.25) is 4.79 Å². The van der Waals surface area contributed by atoms with Crippen molar-refractivity contribution in [3.05, 3.63) is 89.1 Å². The van der Waals surface area contributed by atoms with E-state index in [2.05, 4.69) is 24.0 Å². The maximum absolute atomic E-state index is 13.7. The van der Waals surface area contributed by atoms with Crippen molar-refractivity contribution in [2.24, 2.45) is 0 Å². The first-order valence-corrected chi connectivity index (χ1v) is 13.5. The van der Waals surface area contributed by atoms with E-state index in [4.69, 9.17) is 9.47 Å². The normalized spacial score (nSPS) is 16.0. The Hall–Kier alpha value is -4.14. The summed E-state index contributed by atoms with van der Waals surface area (Å²) in [5, 5.41) is 1.09. The SMILES string of the molecule is CCc1cccc2c(C(CC(=O)N3CCN(c4cccc(C(F)(F)F)c4)CC3)c3ccc4c(c3)OCO4)c[nH]c12. The molecule has 3 heterocycles. The molecule has 3 aromatic carbocycles. The van der Waals surface area contributed by atoms with Crippen molar-refractivity contribution < 1.29 is 27.4 Å². The van der Waals surface area contributed by atoms with Crippen LogP contribution in [0.3, 0.4) is 0 Å². The predicted molar refractivity (Wildman–Crippen MR) is 147 cm³/mol. The van der Waals surface area contributed by atoms with Gasteiger partial charge >= 0.3 is 6.18 Å². The van der Waals surface area contributed by atoms with Crippen molar-refractivity contribution in [1.82, 2.24) is 9.88 Å². The molecule has 4 aromatic rings. The number of aromatic nitrogens is 1. The minimum atomic E-state index is -4.39. The number of amides is 1. The van der Waals surface area contributed by atoms with E-state index in [9.17, 15) is 18.0 Å². The minimum absolute atomic E-state index is 0.00681. The van der Waals surface area contributed by atoms with Crippen LogP contribution in [0.2, 0.25) is 0 Å². The van der Waals surface area contributed by atoms with Gasteiger partial charge in [0.05, 0.1) is 5.56 Å². The fraction of sp³-hybridized carbons (Fsp3) is 0.323. The number of hydrogen-bond acceptors (Lipinski definition) is 4. The molecule has 1 saturated heterocycles. The summed E-state index contributed by atoms with van der Waals surface area (Å²) in [6.07, 6.45) is -1.25. The molecule has 1 amide bonds. The summed E-state index contributed by atoms with van der Waals surface area (Å²) in [7, 11) is 0. The van der Waals surface area contributed by atoms with E-state index in [0.717, 1.165) is 34.5 Å². The van der Waals surface area contributed by atoms with Crippen LogP contribution >= 0.6 is 0 Å². The van der Waals surface area contributed by atoms with Crippen LogP contribution in [-0.4, -0.2) is 48.8 Å². The van der Waals surface area contributed by atoms with Gasteiger partial charge in [-0.1, -0.05) is 37.3 Å². The molecule has 9 heteroatoms. The molecule has 1 fully saturated rings. The van der Waals surface area contributed by atoms with Gasteiger partial charge in [-0.2, -0.15) is 13.2 Å². The van der Waals surface area contributed by atoms with Crippen LogP contribution in [0.5, 0.6) is 11.5 Å². The quantitative estimate of drug-likeness (QED) is 0.305. The van der Waals surface area contributed by atoms with Crippen LogP contribution in [0.1, 0.15) is 41.5 Å². The third-order valence-corrected chi connectivity index (χ3v) is 7.94. The van der Waals surface area contributed by atoms with E-state index < -0.39 is 11.7 Å². The number of aryl methyl sites for hydroxylation is 1. The molecular weight excluding hydrogens is 519 g/mol. The fourth-order valence-corrected chi connectivity index (χ4v) is 5.76. The first kappa shape index (κ1) is 26.1. The fourth-order valence-electron chi connectivity index (χ4n) is 5.76. The van der Waals surface area contributed by atoms with Crippen molar-refractivity contribution in [2.45, 2.75) is 31.9 Å². The summed E-state index contributed by atoms with van der Waals surface area (Å²) < 4.78 is 50.8. The molecule has 0 radical (unpaired) electrons. The number of nitrogens with one attached hydrogen (secondary N) is 1. The molecule has 1 unspecified atom stereocenters. The Morgan fingerprint density at radius 2 is 1.75 bits per heavy atom. The Labute approximate surface area is 230 Å². The van der Waals surface area contributed by atoms with Gasteiger partial charge in [-0.15, -0.1) is 0 Å². The van der Waals surface area contributed by atoms with Crippen molar-refractivity contribution in [1.29, 1.82) is 0 Å². The number of nitrogens with zero attached hydrogens (tertiary/aromatic N) is 2. The van der Waals surface area contributed by atoms with E-state index in [1.165, 1.54) is 17.7 Å². The molecule has 0 aliphatic carbocycles. The summed E-state index contributed by atoms with van der Waals surface area (Å²) in [5.74, 6) is 1.14. The number of rotatable bonds is 6. The van der Waals surface area contributed by atoms with E-state index >= 15 is 0 Å². The number of piperazine rings is 1. The Morgan fingerprint density at radius 1 is 0.975 bits per heavy atom. The lowest BCUT2D eigenvalue weighted by Gasteiger charge is -2.37. The van der Waals surface area contributed by atoms with Crippen molar-refractivity contribution >= 4 is 22.5 Å². The molecule has 1 N–H and O–H groups in total. The Bertz CT molecular complexity index is 1540. The zero-order chi connectivity index (χ0) is 27.9. The van der Waals surface area contributed by atoms with Crippen LogP contribution in [-0.2, 0) is 17.4 Å². The van der Waals surface area contributed by atoms with Gasteiger partial charge in [0.25, 0.3) is 0 Å². The lowest BCUT2D eigenvalue weighted by molar-refractivity contribution is -0.137. The van der Waals surface area contributed by atoms with Crippen LogP contribution in [0.15, 0.2) is 66.9 Å². The average Bonchev–Trinajstić information content (AvgIpc) is 3.62. The standard InChI is InChI=1S/C31H30F3N3O3/c1-2-20-5-3-8-24-26(18-35-30(20)24)25(21-9-10-27-28(15-21)40-19-39-27)17-29(38)37-13-11-36(12-14-37)23-7-4-6-22(16-23)31(32,33)34/h3-10,15-16,18,25,35H,2,11-14,17,19H2,1H3. The number of hydrogen-bond donors (Lipinski definition) is 1. The zero-order valence-electron chi connectivity index (χ0n) is 22.1. The third kappa shape index (κ3) is 4.96. The van der Waals surface area contributed by atoms with E-state index in [0.29, 0.717) is 43.4 Å². The molecule has 0 saturated carbocycles. The lowest BCUT2D eigenvalue weighted by Crippen LogP contribution is -2.49. The predicted octanol–water partition coefficient (Wildman–Crippen LogP) is 6.35. The lowest BCUT2D eigenvalue weighted by atomic mass is 9.87. The highest BCUT2D eigenvalue weighted by Gasteiger charge is 2.32. The first-order valence-electron chi connectivity index (χ1n) is 13.5. The number of fused-ring (bicyclic) bond motifs is 2. The molecule has 0 spiro atoms. The molecule has 2 aliphatic heterocycles. The molecule has 1 atom stereocenters. The number of anilines is 1. The summed E-state index contributed by atoms with van der Waals surface area (Å²) in [6.45, 7) is 4.11. The molecule has 208 valence electrons. The number of halogens is 3. The van der Waals surface area contributed by atoms with Gasteiger partial charge in [-0.05, 0) is 53.4 Å². The highest BCUT2D eigenvalue weighted by Crippen LogP contribution is 2.40. The number of para-hydroxylation sites is 1. The van der Waals surface area contributed by atoms with E-state index in [-0.39, 0.29) is 25.0 Å². The largest absolute Gasteiger partial charge is 0.454 e. The summed E-state index contributed by atoms with van der Waals surface area (Å²) in [5.41, 5.74) is 4.15. The third-order valence-electron chi connectivity index (χ3n) is 7.94. The van der Waals surface area contributed by atoms with E-state index in [1.54, 1.807) is 6.07 Å². The number of benzene rings is 3.